The molecule has 0 aliphatic heterocycles. The van der Waals surface area contributed by atoms with E-state index in [9.17, 15) is 0 Å². The van der Waals surface area contributed by atoms with Crippen LogP contribution >= 0.6 is 11.3 Å². The molecule has 0 aromatic carbocycles. The first-order valence-electron chi connectivity index (χ1n) is 7.08. The van der Waals surface area contributed by atoms with Crippen LogP contribution in [-0.4, -0.2) is 38.3 Å². The van der Waals surface area contributed by atoms with E-state index in [0.717, 1.165) is 37.9 Å². The van der Waals surface area contributed by atoms with Gasteiger partial charge in [-0.15, -0.1) is 11.3 Å². The Hall–Kier alpha value is -0.650. The number of ether oxygens (including phenoxy) is 1. The van der Waals surface area contributed by atoms with Crippen LogP contribution in [0.1, 0.15) is 44.2 Å². The monoisotopic (exact) mass is 285 g/mol. The molecular formula is C14H27N3OS. The summed E-state index contributed by atoms with van der Waals surface area (Å²) in [7, 11) is 1.74. The summed E-state index contributed by atoms with van der Waals surface area (Å²) in [5.74, 6) is 0.472. The van der Waals surface area contributed by atoms with Crippen LogP contribution in [-0.2, 0) is 11.3 Å². The molecule has 5 heteroatoms. The summed E-state index contributed by atoms with van der Waals surface area (Å²) < 4.78 is 5.17. The summed E-state index contributed by atoms with van der Waals surface area (Å²) in [6, 6.07) is 0. The summed E-state index contributed by atoms with van der Waals surface area (Å²) in [4.78, 5) is 8.49. The van der Waals surface area contributed by atoms with Crippen LogP contribution in [0.3, 0.4) is 0 Å². The smallest absolute Gasteiger partial charge is 0.185 e. The Balaban J connectivity index is 2.88. The van der Waals surface area contributed by atoms with Crippen LogP contribution in [0.4, 0.5) is 5.13 Å². The number of likely N-dealkylation sites (N-methyl/N-ethyl adjacent to an activating group) is 1. The molecule has 0 fully saturated rings. The van der Waals surface area contributed by atoms with E-state index in [-0.39, 0.29) is 0 Å². The summed E-state index contributed by atoms with van der Waals surface area (Å²) in [5, 5.41) is 4.52. The van der Waals surface area contributed by atoms with Gasteiger partial charge in [-0.1, -0.05) is 20.8 Å². The van der Waals surface area contributed by atoms with Crippen LogP contribution in [0.25, 0.3) is 0 Å². The van der Waals surface area contributed by atoms with Gasteiger partial charge in [0.25, 0.3) is 0 Å². The summed E-state index contributed by atoms with van der Waals surface area (Å²) in [6.45, 7) is 13.2. The van der Waals surface area contributed by atoms with E-state index < -0.39 is 0 Å². The fraction of sp³-hybridized carbons (Fsp3) is 0.786. The lowest BCUT2D eigenvalue weighted by molar-refractivity contribution is 0.205. The molecule has 1 N–H and O–H groups in total. The second-order valence-electron chi connectivity index (χ2n) is 4.81. The van der Waals surface area contributed by atoms with Crippen LogP contribution < -0.4 is 10.2 Å². The minimum Gasteiger partial charge on any atom is -0.383 e. The van der Waals surface area contributed by atoms with Gasteiger partial charge in [-0.25, -0.2) is 4.98 Å². The van der Waals surface area contributed by atoms with Crippen molar-refractivity contribution < 1.29 is 4.74 Å². The van der Waals surface area contributed by atoms with E-state index in [2.05, 4.69) is 37.9 Å². The van der Waals surface area contributed by atoms with Gasteiger partial charge < -0.3 is 15.0 Å². The molecule has 0 spiro atoms. The first kappa shape index (κ1) is 16.4. The molecule has 0 saturated heterocycles. The highest BCUT2D eigenvalue weighted by atomic mass is 32.1. The fourth-order valence-electron chi connectivity index (χ4n) is 1.89. The van der Waals surface area contributed by atoms with Crippen molar-refractivity contribution in [2.45, 2.75) is 40.2 Å². The topological polar surface area (TPSA) is 37.4 Å². The van der Waals surface area contributed by atoms with E-state index in [0.29, 0.717) is 5.92 Å². The Morgan fingerprint density at radius 1 is 1.37 bits per heavy atom. The zero-order valence-electron chi connectivity index (χ0n) is 12.8. The Labute approximate surface area is 121 Å². The molecule has 0 unspecified atom stereocenters. The Kier molecular flexibility index (Phi) is 7.34. The van der Waals surface area contributed by atoms with Crippen molar-refractivity contribution in [2.75, 3.05) is 38.3 Å². The van der Waals surface area contributed by atoms with E-state index in [1.807, 2.05) is 11.3 Å². The summed E-state index contributed by atoms with van der Waals surface area (Å²) in [6.07, 6.45) is 0. The number of aromatic nitrogens is 1. The number of hydrogen-bond donors (Lipinski definition) is 1. The van der Waals surface area contributed by atoms with Crippen molar-refractivity contribution >= 4 is 16.5 Å². The summed E-state index contributed by atoms with van der Waals surface area (Å²) in [5.41, 5.74) is 1.23. The minimum atomic E-state index is 0.472. The molecule has 0 aliphatic rings. The van der Waals surface area contributed by atoms with Crippen molar-refractivity contribution in [1.29, 1.82) is 0 Å². The zero-order valence-corrected chi connectivity index (χ0v) is 13.6. The zero-order chi connectivity index (χ0) is 14.3. The molecule has 0 aliphatic carbocycles. The minimum absolute atomic E-state index is 0.472. The van der Waals surface area contributed by atoms with Crippen molar-refractivity contribution in [2.24, 2.45) is 0 Å². The standard InChI is InChI=1S/C14H27N3OS/c1-6-15-10-12-13(11(3)4)16-14(19-12)17(7-2)8-9-18-5/h11,15H,6-10H2,1-5H3. The molecule has 0 atom stereocenters. The Morgan fingerprint density at radius 2 is 2.11 bits per heavy atom. The van der Waals surface area contributed by atoms with Gasteiger partial charge in [0.15, 0.2) is 5.13 Å². The lowest BCUT2D eigenvalue weighted by atomic mass is 10.1. The van der Waals surface area contributed by atoms with Crippen LogP contribution in [0.5, 0.6) is 0 Å². The van der Waals surface area contributed by atoms with Crippen LogP contribution in [0, 0.1) is 0 Å². The van der Waals surface area contributed by atoms with Crippen molar-refractivity contribution in [3.63, 3.8) is 0 Å². The second kappa shape index (κ2) is 8.51. The average molecular weight is 285 g/mol. The molecule has 0 radical (unpaired) electrons. The normalized spacial score (nSPS) is 11.3. The van der Waals surface area contributed by atoms with Crippen molar-refractivity contribution in [3.05, 3.63) is 10.6 Å². The third kappa shape index (κ3) is 4.75. The first-order chi connectivity index (χ1) is 9.13. The maximum atomic E-state index is 5.17. The number of thiazole rings is 1. The molecule has 0 bridgehead atoms. The van der Waals surface area contributed by atoms with Gasteiger partial charge in [-0.05, 0) is 19.4 Å². The molecule has 4 nitrogen and oxygen atoms in total. The van der Waals surface area contributed by atoms with Crippen molar-refractivity contribution in [1.82, 2.24) is 10.3 Å². The van der Waals surface area contributed by atoms with Gasteiger partial charge in [0.2, 0.25) is 0 Å². The number of rotatable bonds is 9. The first-order valence-corrected chi connectivity index (χ1v) is 7.89. The molecule has 0 saturated carbocycles. The summed E-state index contributed by atoms with van der Waals surface area (Å²) >= 11 is 1.81. The molecule has 19 heavy (non-hydrogen) atoms. The van der Waals surface area contributed by atoms with Gasteiger partial charge in [0.1, 0.15) is 0 Å². The van der Waals surface area contributed by atoms with E-state index >= 15 is 0 Å². The quantitative estimate of drug-likeness (QED) is 0.757. The van der Waals surface area contributed by atoms with E-state index in [1.165, 1.54) is 10.6 Å². The van der Waals surface area contributed by atoms with Gasteiger partial charge in [-0.2, -0.15) is 0 Å². The SMILES string of the molecule is CCNCc1sc(N(CC)CCOC)nc1C(C)C. The predicted octanol–water partition coefficient (Wildman–Crippen LogP) is 2.85. The molecule has 1 rings (SSSR count). The highest BCUT2D eigenvalue weighted by molar-refractivity contribution is 7.15. The number of nitrogens with zero attached hydrogens (tertiary/aromatic N) is 2. The Morgan fingerprint density at radius 3 is 2.63 bits per heavy atom. The van der Waals surface area contributed by atoms with Gasteiger partial charge in [0, 0.05) is 31.6 Å². The number of methoxy groups -OCH3 is 1. The highest BCUT2D eigenvalue weighted by Gasteiger charge is 2.17. The third-order valence-corrected chi connectivity index (χ3v) is 4.15. The lowest BCUT2D eigenvalue weighted by Crippen LogP contribution is -2.26. The Bertz CT molecular complexity index is 366. The van der Waals surface area contributed by atoms with E-state index in [4.69, 9.17) is 9.72 Å². The fourth-order valence-corrected chi connectivity index (χ4v) is 3.17. The molecule has 1 aromatic rings. The number of anilines is 1. The van der Waals surface area contributed by atoms with Gasteiger partial charge >= 0.3 is 0 Å². The van der Waals surface area contributed by atoms with Gasteiger partial charge in [-0.3, -0.25) is 0 Å². The highest BCUT2D eigenvalue weighted by Crippen LogP contribution is 2.30. The maximum absolute atomic E-state index is 5.17. The maximum Gasteiger partial charge on any atom is 0.185 e. The lowest BCUT2D eigenvalue weighted by Gasteiger charge is -2.18. The predicted molar refractivity (Wildman–Crippen MR) is 83.3 cm³/mol. The molecule has 110 valence electrons. The van der Waals surface area contributed by atoms with Crippen LogP contribution in [0.2, 0.25) is 0 Å². The average Bonchev–Trinajstić information content (AvgIpc) is 2.81. The third-order valence-electron chi connectivity index (χ3n) is 3.02. The van der Waals surface area contributed by atoms with E-state index in [1.54, 1.807) is 7.11 Å². The largest absolute Gasteiger partial charge is 0.383 e. The molecule has 0 amide bonds. The number of nitrogens with one attached hydrogen (secondary N) is 1. The van der Waals surface area contributed by atoms with Gasteiger partial charge in [0.05, 0.1) is 12.3 Å². The van der Waals surface area contributed by atoms with Crippen LogP contribution in [0.15, 0.2) is 0 Å². The second-order valence-corrected chi connectivity index (χ2v) is 5.87. The molecular weight excluding hydrogens is 258 g/mol. The molecule has 1 aromatic heterocycles. The number of hydrogen-bond acceptors (Lipinski definition) is 5. The van der Waals surface area contributed by atoms with Crippen molar-refractivity contribution in [3.8, 4) is 0 Å². The molecule has 1 heterocycles.